The van der Waals surface area contributed by atoms with Crippen LogP contribution in [0.2, 0.25) is 0 Å². The number of carboxylic acids is 1. The zero-order valence-corrected chi connectivity index (χ0v) is 10.2. The van der Waals surface area contributed by atoms with Gasteiger partial charge in [-0.3, -0.25) is 9.59 Å². The number of nitrogens with one attached hydrogen (secondary N) is 1. The van der Waals surface area contributed by atoms with Gasteiger partial charge in [-0.25, -0.2) is 0 Å². The van der Waals surface area contributed by atoms with Crippen LogP contribution in [0.3, 0.4) is 0 Å². The highest BCUT2D eigenvalue weighted by atomic mass is 16.4. The first kappa shape index (κ1) is 13.7. The Hall–Kier alpha value is -1.32. The van der Waals surface area contributed by atoms with Crippen LogP contribution in [0.4, 0.5) is 0 Å². The summed E-state index contributed by atoms with van der Waals surface area (Å²) in [5.41, 5.74) is 0. The van der Waals surface area contributed by atoms with E-state index in [1.807, 2.05) is 6.08 Å². The molecule has 0 atom stereocenters. The van der Waals surface area contributed by atoms with Crippen LogP contribution in [0.25, 0.3) is 0 Å². The highest BCUT2D eigenvalue weighted by Gasteiger charge is 2.26. The largest absolute Gasteiger partial charge is 0.481 e. The van der Waals surface area contributed by atoms with E-state index in [1.54, 1.807) is 0 Å². The average Bonchev–Trinajstić information content (AvgIpc) is 2.30. The van der Waals surface area contributed by atoms with Crippen LogP contribution in [0, 0.1) is 5.92 Å². The third-order valence-electron chi connectivity index (χ3n) is 3.25. The number of allylic oxidation sites excluding steroid dienone is 1. The van der Waals surface area contributed by atoms with E-state index < -0.39 is 5.97 Å². The third-order valence-corrected chi connectivity index (χ3v) is 3.25. The van der Waals surface area contributed by atoms with E-state index in [9.17, 15) is 9.59 Å². The van der Waals surface area contributed by atoms with Crippen LogP contribution >= 0.6 is 0 Å². The van der Waals surface area contributed by atoms with Crippen molar-refractivity contribution in [2.75, 3.05) is 0 Å². The van der Waals surface area contributed by atoms with Gasteiger partial charge >= 0.3 is 5.97 Å². The first-order valence-electron chi connectivity index (χ1n) is 6.26. The normalized spacial score (nSPS) is 24.0. The molecule has 0 aromatic carbocycles. The summed E-state index contributed by atoms with van der Waals surface area (Å²) in [6.07, 6.45) is 6.95. The Labute approximate surface area is 102 Å². The van der Waals surface area contributed by atoms with Gasteiger partial charge in [0.05, 0.1) is 5.92 Å². The highest BCUT2D eigenvalue weighted by molar-refractivity contribution is 5.76. The molecule has 0 aromatic heterocycles. The molecular formula is C13H21NO3. The molecule has 0 radical (unpaired) electrons. The van der Waals surface area contributed by atoms with Crippen LogP contribution in [0.5, 0.6) is 0 Å². The van der Waals surface area contributed by atoms with Crippen molar-refractivity contribution in [2.24, 2.45) is 5.92 Å². The first-order valence-corrected chi connectivity index (χ1v) is 6.26. The SMILES string of the molecule is C=CCCCC(=O)NC1CCC(C(=O)O)CC1. The molecule has 1 fully saturated rings. The lowest BCUT2D eigenvalue weighted by atomic mass is 9.86. The maximum atomic E-state index is 11.5. The Bertz CT molecular complexity index is 280. The summed E-state index contributed by atoms with van der Waals surface area (Å²) < 4.78 is 0. The second-order valence-electron chi connectivity index (χ2n) is 4.64. The van der Waals surface area contributed by atoms with Crippen LogP contribution in [0.1, 0.15) is 44.9 Å². The number of carboxylic acid groups (broad SMARTS) is 1. The summed E-state index contributed by atoms with van der Waals surface area (Å²) >= 11 is 0. The molecule has 4 nitrogen and oxygen atoms in total. The number of amides is 1. The van der Waals surface area contributed by atoms with E-state index in [0.717, 1.165) is 25.7 Å². The maximum Gasteiger partial charge on any atom is 0.306 e. The first-order chi connectivity index (χ1) is 8.13. The van der Waals surface area contributed by atoms with Crippen molar-refractivity contribution in [3.05, 3.63) is 12.7 Å². The second kappa shape index (κ2) is 7.09. The van der Waals surface area contributed by atoms with Crippen molar-refractivity contribution in [3.63, 3.8) is 0 Å². The Morgan fingerprint density at radius 3 is 2.47 bits per heavy atom. The number of aliphatic carboxylic acids is 1. The summed E-state index contributed by atoms with van der Waals surface area (Å²) in [5.74, 6) is -0.852. The topological polar surface area (TPSA) is 66.4 Å². The quantitative estimate of drug-likeness (QED) is 0.551. The highest BCUT2D eigenvalue weighted by Crippen LogP contribution is 2.24. The molecule has 2 N–H and O–H groups in total. The van der Waals surface area contributed by atoms with Crippen LogP contribution in [-0.2, 0) is 9.59 Å². The number of hydrogen-bond donors (Lipinski definition) is 2. The molecule has 0 bridgehead atoms. The van der Waals surface area contributed by atoms with Crippen molar-refractivity contribution in [1.29, 1.82) is 0 Å². The van der Waals surface area contributed by atoms with Crippen molar-refractivity contribution in [3.8, 4) is 0 Å². The van der Waals surface area contributed by atoms with Gasteiger partial charge in [-0.1, -0.05) is 6.08 Å². The molecule has 0 aromatic rings. The van der Waals surface area contributed by atoms with Gasteiger partial charge in [0.2, 0.25) is 5.91 Å². The van der Waals surface area contributed by atoms with Gasteiger partial charge in [0.25, 0.3) is 0 Å². The molecule has 0 unspecified atom stereocenters. The molecule has 0 saturated heterocycles. The van der Waals surface area contributed by atoms with Crippen LogP contribution < -0.4 is 5.32 Å². The monoisotopic (exact) mass is 239 g/mol. The minimum Gasteiger partial charge on any atom is -0.481 e. The number of carbonyl (C=O) groups is 2. The molecular weight excluding hydrogens is 218 g/mol. The Morgan fingerprint density at radius 2 is 1.94 bits per heavy atom. The average molecular weight is 239 g/mol. The third kappa shape index (κ3) is 5.02. The predicted octanol–water partition coefficient (Wildman–Crippen LogP) is 2.10. The molecule has 1 aliphatic carbocycles. The van der Waals surface area contributed by atoms with Gasteiger partial charge in [-0.2, -0.15) is 0 Å². The molecule has 1 aliphatic rings. The maximum absolute atomic E-state index is 11.5. The van der Waals surface area contributed by atoms with E-state index in [1.165, 1.54) is 0 Å². The van der Waals surface area contributed by atoms with Crippen molar-refractivity contribution >= 4 is 11.9 Å². The zero-order valence-electron chi connectivity index (χ0n) is 10.2. The lowest BCUT2D eigenvalue weighted by Gasteiger charge is -2.26. The predicted molar refractivity (Wildman–Crippen MR) is 65.6 cm³/mol. The Kier molecular flexibility index (Phi) is 5.73. The lowest BCUT2D eigenvalue weighted by molar-refractivity contribution is -0.142. The van der Waals surface area contributed by atoms with Gasteiger partial charge in [-0.05, 0) is 38.5 Å². The summed E-state index contributed by atoms with van der Waals surface area (Å²) in [7, 11) is 0. The van der Waals surface area contributed by atoms with Crippen LogP contribution in [-0.4, -0.2) is 23.0 Å². The number of rotatable bonds is 6. The minimum atomic E-state index is -0.708. The standard InChI is InChI=1S/C13H21NO3/c1-2-3-4-5-12(15)14-11-8-6-10(7-9-11)13(16)17/h2,10-11H,1,3-9H2,(H,14,15)(H,16,17). The number of carbonyl (C=O) groups excluding carboxylic acids is 1. The zero-order chi connectivity index (χ0) is 12.7. The summed E-state index contributed by atoms with van der Waals surface area (Å²) in [4.78, 5) is 22.3. The molecule has 96 valence electrons. The Balaban J connectivity index is 2.19. The van der Waals surface area contributed by atoms with E-state index in [4.69, 9.17) is 5.11 Å². The van der Waals surface area contributed by atoms with Gasteiger partial charge in [0, 0.05) is 12.5 Å². The summed E-state index contributed by atoms with van der Waals surface area (Å²) in [5, 5.41) is 11.8. The van der Waals surface area contributed by atoms with E-state index in [0.29, 0.717) is 19.3 Å². The van der Waals surface area contributed by atoms with Crippen molar-refractivity contribution < 1.29 is 14.7 Å². The van der Waals surface area contributed by atoms with E-state index >= 15 is 0 Å². The summed E-state index contributed by atoms with van der Waals surface area (Å²) in [6, 6.07) is 0.168. The fourth-order valence-electron chi connectivity index (χ4n) is 2.19. The molecule has 1 saturated carbocycles. The molecule has 4 heteroatoms. The number of unbranched alkanes of at least 4 members (excludes halogenated alkanes) is 1. The van der Waals surface area contributed by atoms with Gasteiger partial charge in [0.1, 0.15) is 0 Å². The van der Waals surface area contributed by atoms with Crippen LogP contribution in [0.15, 0.2) is 12.7 Å². The molecule has 0 spiro atoms. The fourth-order valence-corrected chi connectivity index (χ4v) is 2.19. The molecule has 0 aliphatic heterocycles. The lowest BCUT2D eigenvalue weighted by Crippen LogP contribution is -2.38. The van der Waals surface area contributed by atoms with Gasteiger partial charge in [-0.15, -0.1) is 6.58 Å². The summed E-state index contributed by atoms with van der Waals surface area (Å²) in [6.45, 7) is 3.61. The molecule has 1 rings (SSSR count). The smallest absolute Gasteiger partial charge is 0.306 e. The van der Waals surface area contributed by atoms with E-state index in [2.05, 4.69) is 11.9 Å². The number of hydrogen-bond acceptors (Lipinski definition) is 2. The molecule has 1 amide bonds. The van der Waals surface area contributed by atoms with E-state index in [-0.39, 0.29) is 17.9 Å². The second-order valence-corrected chi connectivity index (χ2v) is 4.64. The van der Waals surface area contributed by atoms with Gasteiger partial charge < -0.3 is 10.4 Å². The fraction of sp³-hybridized carbons (Fsp3) is 0.692. The molecule has 17 heavy (non-hydrogen) atoms. The van der Waals surface area contributed by atoms with Gasteiger partial charge in [0.15, 0.2) is 0 Å². The molecule has 0 heterocycles. The minimum absolute atomic E-state index is 0.0747. The van der Waals surface area contributed by atoms with Crippen molar-refractivity contribution in [2.45, 2.75) is 51.0 Å². The van der Waals surface area contributed by atoms with Crippen molar-refractivity contribution in [1.82, 2.24) is 5.32 Å². The Morgan fingerprint density at radius 1 is 1.29 bits per heavy atom.